The van der Waals surface area contributed by atoms with Gasteiger partial charge in [0, 0.05) is 25.9 Å². The molecule has 30 heavy (non-hydrogen) atoms. The Labute approximate surface area is 175 Å². The van der Waals surface area contributed by atoms with Crippen molar-refractivity contribution in [1.82, 2.24) is 16.0 Å². The lowest BCUT2D eigenvalue weighted by molar-refractivity contribution is -0.140. The summed E-state index contributed by atoms with van der Waals surface area (Å²) >= 11 is 0. The zero-order chi connectivity index (χ0) is 22.2. The normalized spacial score (nSPS) is 19.0. The standard InChI is InChI=1S/C18H32N8O4/c1-17(23-24-17)6-9-20-12(5-3-4-8-19)16(30)22-13(11-14(27)28)15(29)21-10-7-18(2)25-26-18/h12-13,20H,3-11,19H2,1-2H3,(H,21,29)(H,22,30)(H,27,28)/t12-,13-/m0/s1. The molecular formula is C18H32N8O4. The second kappa shape index (κ2) is 10.5. The van der Waals surface area contributed by atoms with Crippen LogP contribution in [0.25, 0.3) is 0 Å². The molecule has 168 valence electrons. The zero-order valence-electron chi connectivity index (χ0n) is 17.6. The van der Waals surface area contributed by atoms with E-state index in [1.54, 1.807) is 0 Å². The second-order valence-corrected chi connectivity index (χ2v) is 8.08. The van der Waals surface area contributed by atoms with E-state index in [9.17, 15) is 14.4 Å². The van der Waals surface area contributed by atoms with Crippen LogP contribution in [0.3, 0.4) is 0 Å². The lowest BCUT2D eigenvalue weighted by Gasteiger charge is -2.23. The Morgan fingerprint density at radius 3 is 2.07 bits per heavy atom. The minimum Gasteiger partial charge on any atom is -0.481 e. The number of carbonyl (C=O) groups is 3. The first kappa shape index (κ1) is 23.8. The van der Waals surface area contributed by atoms with Gasteiger partial charge in [-0.2, -0.15) is 20.5 Å². The predicted octanol–water partition coefficient (Wildman–Crippen LogP) is 0.294. The van der Waals surface area contributed by atoms with Crippen molar-refractivity contribution in [2.75, 3.05) is 19.6 Å². The van der Waals surface area contributed by atoms with E-state index < -0.39 is 42.0 Å². The maximum absolute atomic E-state index is 12.8. The van der Waals surface area contributed by atoms with Gasteiger partial charge in [-0.05, 0) is 33.2 Å². The molecule has 2 aliphatic rings. The third-order valence-electron chi connectivity index (χ3n) is 5.05. The van der Waals surface area contributed by atoms with E-state index in [0.29, 0.717) is 32.4 Å². The van der Waals surface area contributed by atoms with Crippen LogP contribution in [0.4, 0.5) is 0 Å². The molecule has 2 heterocycles. The van der Waals surface area contributed by atoms with Gasteiger partial charge in [0.25, 0.3) is 0 Å². The van der Waals surface area contributed by atoms with Gasteiger partial charge in [0.1, 0.15) is 6.04 Å². The quantitative estimate of drug-likeness (QED) is 0.222. The van der Waals surface area contributed by atoms with E-state index >= 15 is 0 Å². The number of rotatable bonds is 16. The predicted molar refractivity (Wildman–Crippen MR) is 108 cm³/mol. The molecule has 0 bridgehead atoms. The average Bonchev–Trinajstić information content (AvgIpc) is 3.59. The van der Waals surface area contributed by atoms with Gasteiger partial charge >= 0.3 is 5.97 Å². The van der Waals surface area contributed by atoms with Crippen LogP contribution in [0.2, 0.25) is 0 Å². The molecule has 2 aliphatic heterocycles. The van der Waals surface area contributed by atoms with Crippen molar-refractivity contribution in [3.8, 4) is 0 Å². The summed E-state index contributed by atoms with van der Waals surface area (Å²) in [6.07, 6.45) is 2.69. The number of nitrogens with two attached hydrogens (primary N) is 1. The number of aliphatic carboxylic acids is 1. The molecule has 0 fully saturated rings. The van der Waals surface area contributed by atoms with Crippen molar-refractivity contribution in [1.29, 1.82) is 0 Å². The van der Waals surface area contributed by atoms with Crippen molar-refractivity contribution in [2.45, 2.75) is 75.8 Å². The van der Waals surface area contributed by atoms with Crippen molar-refractivity contribution in [3.63, 3.8) is 0 Å². The number of carboxylic acid groups (broad SMARTS) is 1. The average molecular weight is 425 g/mol. The molecule has 0 radical (unpaired) electrons. The number of nitrogens with zero attached hydrogens (tertiary/aromatic N) is 4. The van der Waals surface area contributed by atoms with Gasteiger partial charge in [-0.1, -0.05) is 6.42 Å². The van der Waals surface area contributed by atoms with Gasteiger partial charge in [-0.15, -0.1) is 0 Å². The summed E-state index contributed by atoms with van der Waals surface area (Å²) in [6.45, 7) is 5.05. The van der Waals surface area contributed by atoms with Gasteiger partial charge in [0.15, 0.2) is 11.3 Å². The highest BCUT2D eigenvalue weighted by Gasteiger charge is 2.35. The van der Waals surface area contributed by atoms with Crippen molar-refractivity contribution in [2.24, 2.45) is 26.2 Å². The third kappa shape index (κ3) is 8.49. The van der Waals surface area contributed by atoms with Gasteiger partial charge in [0.2, 0.25) is 11.8 Å². The largest absolute Gasteiger partial charge is 0.481 e. The molecule has 0 aliphatic carbocycles. The SMILES string of the molecule is CC1(CCNC(=O)[C@H](CC(=O)O)NC(=O)[C@H](CCCCN)NCCC2(C)N=N2)N=N1. The summed E-state index contributed by atoms with van der Waals surface area (Å²) in [4.78, 5) is 36.4. The Morgan fingerprint density at radius 2 is 1.53 bits per heavy atom. The fourth-order valence-electron chi connectivity index (χ4n) is 2.87. The first-order chi connectivity index (χ1) is 14.2. The minimum absolute atomic E-state index is 0.290. The molecular weight excluding hydrogens is 392 g/mol. The van der Waals surface area contributed by atoms with Crippen LogP contribution in [-0.4, -0.2) is 65.9 Å². The van der Waals surface area contributed by atoms with Crippen molar-refractivity contribution < 1.29 is 19.5 Å². The Morgan fingerprint density at radius 1 is 0.933 bits per heavy atom. The summed E-state index contributed by atoms with van der Waals surface area (Å²) < 4.78 is 0. The van der Waals surface area contributed by atoms with E-state index in [2.05, 4.69) is 36.4 Å². The van der Waals surface area contributed by atoms with Gasteiger partial charge in [0.05, 0.1) is 12.5 Å². The number of carboxylic acids is 1. The molecule has 2 amide bonds. The molecule has 12 heteroatoms. The summed E-state index contributed by atoms with van der Waals surface area (Å²) in [5.74, 6) is -2.13. The number of nitrogens with one attached hydrogen (secondary N) is 3. The van der Waals surface area contributed by atoms with E-state index in [0.717, 1.165) is 12.8 Å². The summed E-state index contributed by atoms with van der Waals surface area (Å²) in [7, 11) is 0. The van der Waals surface area contributed by atoms with Crippen LogP contribution < -0.4 is 21.7 Å². The molecule has 2 atom stereocenters. The molecule has 0 spiro atoms. The summed E-state index contributed by atoms with van der Waals surface area (Å²) in [5, 5.41) is 33.2. The first-order valence-corrected chi connectivity index (χ1v) is 10.3. The summed E-state index contributed by atoms with van der Waals surface area (Å²) in [6, 6.07) is -1.73. The number of amides is 2. The number of hydrogen-bond acceptors (Lipinski definition) is 9. The monoisotopic (exact) mass is 424 g/mol. The van der Waals surface area contributed by atoms with E-state index in [-0.39, 0.29) is 12.2 Å². The fraction of sp³-hybridized carbons (Fsp3) is 0.833. The molecule has 0 aromatic carbocycles. The first-order valence-electron chi connectivity index (χ1n) is 10.3. The third-order valence-corrected chi connectivity index (χ3v) is 5.05. The maximum atomic E-state index is 12.8. The van der Waals surface area contributed by atoms with E-state index in [1.807, 2.05) is 13.8 Å². The van der Waals surface area contributed by atoms with E-state index in [1.165, 1.54) is 0 Å². The smallest absolute Gasteiger partial charge is 0.305 e. The zero-order valence-corrected chi connectivity index (χ0v) is 17.6. The topological polar surface area (TPSA) is 183 Å². The molecule has 6 N–H and O–H groups in total. The lowest BCUT2D eigenvalue weighted by Crippen LogP contribution is -2.54. The molecule has 0 unspecified atom stereocenters. The van der Waals surface area contributed by atoms with Crippen molar-refractivity contribution in [3.05, 3.63) is 0 Å². The number of unbranched alkanes of at least 4 members (excludes halogenated alkanes) is 1. The van der Waals surface area contributed by atoms with Crippen LogP contribution in [0.5, 0.6) is 0 Å². The summed E-state index contributed by atoms with van der Waals surface area (Å²) in [5.41, 5.74) is 4.69. The molecule has 0 saturated heterocycles. The Hall–Kier alpha value is -2.47. The minimum atomic E-state index is -1.17. The fourth-order valence-corrected chi connectivity index (χ4v) is 2.87. The molecule has 0 aromatic heterocycles. The van der Waals surface area contributed by atoms with Crippen LogP contribution in [0.15, 0.2) is 20.5 Å². The number of hydrogen-bond donors (Lipinski definition) is 5. The second-order valence-electron chi connectivity index (χ2n) is 8.08. The number of carbonyl (C=O) groups excluding carboxylic acids is 2. The van der Waals surface area contributed by atoms with Crippen LogP contribution in [0, 0.1) is 0 Å². The Bertz CT molecular complexity index is 684. The van der Waals surface area contributed by atoms with Gasteiger partial charge in [-0.25, -0.2) is 0 Å². The molecule has 0 aromatic rings. The Kier molecular flexibility index (Phi) is 8.35. The molecule has 12 nitrogen and oxygen atoms in total. The maximum Gasteiger partial charge on any atom is 0.305 e. The molecule has 2 rings (SSSR count). The van der Waals surface area contributed by atoms with Gasteiger partial charge in [-0.3, -0.25) is 14.4 Å². The van der Waals surface area contributed by atoms with Crippen molar-refractivity contribution >= 4 is 17.8 Å². The van der Waals surface area contributed by atoms with Crippen LogP contribution >= 0.6 is 0 Å². The highest BCUT2D eigenvalue weighted by molar-refractivity contribution is 5.92. The highest BCUT2D eigenvalue weighted by Crippen LogP contribution is 2.30. The molecule has 0 saturated carbocycles. The highest BCUT2D eigenvalue weighted by atomic mass is 16.4. The lowest BCUT2D eigenvalue weighted by atomic mass is 10.1. The Balaban J connectivity index is 1.87. The van der Waals surface area contributed by atoms with Gasteiger partial charge < -0.3 is 26.8 Å². The van der Waals surface area contributed by atoms with Crippen LogP contribution in [0.1, 0.15) is 52.4 Å². The van der Waals surface area contributed by atoms with E-state index in [4.69, 9.17) is 10.8 Å². The van der Waals surface area contributed by atoms with Crippen LogP contribution in [-0.2, 0) is 14.4 Å².